The maximum absolute atomic E-state index is 12.9. The Hall–Kier alpha value is -2.06. The number of aromatic nitrogens is 3. The lowest BCUT2D eigenvalue weighted by molar-refractivity contribution is -0.119. The third-order valence-corrected chi connectivity index (χ3v) is 7.01. The van der Waals surface area contributed by atoms with Gasteiger partial charge < -0.3 is 15.2 Å². The van der Waals surface area contributed by atoms with Crippen LogP contribution in [0.1, 0.15) is 75.1 Å². The fourth-order valence-corrected chi connectivity index (χ4v) is 5.02. The van der Waals surface area contributed by atoms with Crippen molar-refractivity contribution >= 4 is 35.2 Å². The summed E-state index contributed by atoms with van der Waals surface area (Å²) in [6, 6.07) is 6.93. The largest absolute Gasteiger partial charge is 0.353 e. The Balaban J connectivity index is 1.68. The van der Waals surface area contributed by atoms with Gasteiger partial charge in [-0.15, -0.1) is 10.2 Å². The zero-order valence-electron chi connectivity index (χ0n) is 18.9. The van der Waals surface area contributed by atoms with Crippen LogP contribution in [0.4, 0.5) is 0 Å². The van der Waals surface area contributed by atoms with Crippen molar-refractivity contribution in [1.82, 2.24) is 25.4 Å². The quantitative estimate of drug-likeness (QED) is 0.514. The van der Waals surface area contributed by atoms with Crippen molar-refractivity contribution in [3.05, 3.63) is 40.7 Å². The van der Waals surface area contributed by atoms with Gasteiger partial charge in [0.15, 0.2) is 11.0 Å². The number of hydrogen-bond acceptors (Lipinski definition) is 5. The first-order valence-corrected chi connectivity index (χ1v) is 12.7. The SMILES string of the molecule is CCn1c(SCC(=O)NC2CCCCC2)nnc1[C@@H](NC(=O)c1ccccc1Cl)C(C)C. The van der Waals surface area contributed by atoms with Crippen molar-refractivity contribution in [3.63, 3.8) is 0 Å². The molecule has 1 saturated carbocycles. The van der Waals surface area contributed by atoms with E-state index >= 15 is 0 Å². The number of amides is 2. The molecule has 3 rings (SSSR count). The van der Waals surface area contributed by atoms with Gasteiger partial charge in [-0.1, -0.05) is 68.6 Å². The van der Waals surface area contributed by atoms with Crippen LogP contribution < -0.4 is 10.6 Å². The summed E-state index contributed by atoms with van der Waals surface area (Å²) in [4.78, 5) is 25.3. The van der Waals surface area contributed by atoms with E-state index in [2.05, 4.69) is 20.8 Å². The van der Waals surface area contributed by atoms with E-state index in [4.69, 9.17) is 11.6 Å². The lowest BCUT2D eigenvalue weighted by Crippen LogP contribution is -2.37. The molecule has 174 valence electrons. The normalized spacial score (nSPS) is 15.5. The van der Waals surface area contributed by atoms with E-state index in [1.165, 1.54) is 31.0 Å². The molecule has 0 radical (unpaired) electrons. The van der Waals surface area contributed by atoms with E-state index in [1.807, 2.05) is 25.3 Å². The van der Waals surface area contributed by atoms with Gasteiger partial charge in [-0.25, -0.2) is 0 Å². The highest BCUT2D eigenvalue weighted by molar-refractivity contribution is 7.99. The van der Waals surface area contributed by atoms with Gasteiger partial charge in [0.25, 0.3) is 5.91 Å². The van der Waals surface area contributed by atoms with Crippen LogP contribution in [0, 0.1) is 5.92 Å². The van der Waals surface area contributed by atoms with Crippen LogP contribution in [0.5, 0.6) is 0 Å². The van der Waals surface area contributed by atoms with Gasteiger partial charge in [0.2, 0.25) is 5.91 Å². The van der Waals surface area contributed by atoms with Gasteiger partial charge in [-0.05, 0) is 37.8 Å². The predicted molar refractivity (Wildman–Crippen MR) is 128 cm³/mol. The zero-order valence-corrected chi connectivity index (χ0v) is 20.5. The first-order valence-electron chi connectivity index (χ1n) is 11.3. The molecule has 1 aliphatic carbocycles. The minimum absolute atomic E-state index is 0.0292. The average Bonchev–Trinajstić information content (AvgIpc) is 3.19. The first-order chi connectivity index (χ1) is 15.4. The van der Waals surface area contributed by atoms with E-state index < -0.39 is 0 Å². The molecule has 7 nitrogen and oxygen atoms in total. The molecule has 0 aliphatic heterocycles. The first kappa shape index (κ1) is 24.6. The fourth-order valence-electron chi connectivity index (χ4n) is 3.97. The fraction of sp³-hybridized carbons (Fsp3) is 0.565. The van der Waals surface area contributed by atoms with Crippen molar-refractivity contribution in [1.29, 1.82) is 0 Å². The van der Waals surface area contributed by atoms with Crippen LogP contribution in [0.15, 0.2) is 29.4 Å². The minimum Gasteiger partial charge on any atom is -0.353 e. The van der Waals surface area contributed by atoms with Gasteiger partial charge in [0.1, 0.15) is 0 Å². The van der Waals surface area contributed by atoms with Crippen LogP contribution in [-0.4, -0.2) is 38.4 Å². The Labute approximate surface area is 199 Å². The molecule has 1 aromatic heterocycles. The van der Waals surface area contributed by atoms with Gasteiger partial charge in [-0.3, -0.25) is 9.59 Å². The molecule has 1 heterocycles. The molecule has 2 amide bonds. The summed E-state index contributed by atoms with van der Waals surface area (Å²) < 4.78 is 1.97. The van der Waals surface area contributed by atoms with E-state index in [0.717, 1.165) is 12.8 Å². The summed E-state index contributed by atoms with van der Waals surface area (Å²) in [6.45, 7) is 6.69. The van der Waals surface area contributed by atoms with E-state index in [9.17, 15) is 9.59 Å². The Morgan fingerprint density at radius 2 is 1.91 bits per heavy atom. The zero-order chi connectivity index (χ0) is 23.1. The second-order valence-corrected chi connectivity index (χ2v) is 9.80. The number of hydrogen-bond donors (Lipinski definition) is 2. The topological polar surface area (TPSA) is 88.9 Å². The van der Waals surface area contributed by atoms with Crippen molar-refractivity contribution < 1.29 is 9.59 Å². The summed E-state index contributed by atoms with van der Waals surface area (Å²) in [5.74, 6) is 0.844. The summed E-state index contributed by atoms with van der Waals surface area (Å²) in [6.07, 6.45) is 5.75. The number of benzene rings is 1. The monoisotopic (exact) mass is 477 g/mol. The lowest BCUT2D eigenvalue weighted by Gasteiger charge is -2.23. The molecule has 1 fully saturated rings. The van der Waals surface area contributed by atoms with Crippen molar-refractivity contribution in [2.45, 2.75) is 76.7 Å². The summed E-state index contributed by atoms with van der Waals surface area (Å²) >= 11 is 7.58. The molecule has 0 unspecified atom stereocenters. The van der Waals surface area contributed by atoms with Crippen LogP contribution in [0.3, 0.4) is 0 Å². The van der Waals surface area contributed by atoms with E-state index in [0.29, 0.717) is 39.9 Å². The molecule has 32 heavy (non-hydrogen) atoms. The summed E-state index contributed by atoms with van der Waals surface area (Å²) in [7, 11) is 0. The van der Waals surface area contributed by atoms with Crippen LogP contribution in [0.2, 0.25) is 5.02 Å². The number of thioether (sulfide) groups is 1. The third-order valence-electron chi connectivity index (χ3n) is 5.71. The molecule has 0 spiro atoms. The number of nitrogens with zero attached hydrogens (tertiary/aromatic N) is 3. The molecular formula is C23H32ClN5O2S. The smallest absolute Gasteiger partial charge is 0.253 e. The highest BCUT2D eigenvalue weighted by Gasteiger charge is 2.27. The molecular weight excluding hydrogens is 446 g/mol. The molecule has 2 aromatic rings. The summed E-state index contributed by atoms with van der Waals surface area (Å²) in [5.41, 5.74) is 0.427. The van der Waals surface area contributed by atoms with E-state index in [-0.39, 0.29) is 23.8 Å². The summed E-state index contributed by atoms with van der Waals surface area (Å²) in [5, 5.41) is 16.0. The molecule has 0 bridgehead atoms. The highest BCUT2D eigenvalue weighted by Crippen LogP contribution is 2.26. The van der Waals surface area contributed by atoms with Crippen molar-refractivity contribution in [3.8, 4) is 0 Å². The van der Waals surface area contributed by atoms with Crippen molar-refractivity contribution in [2.24, 2.45) is 5.92 Å². The number of carbonyl (C=O) groups is 2. The molecule has 2 N–H and O–H groups in total. The van der Waals surface area contributed by atoms with Crippen LogP contribution >= 0.6 is 23.4 Å². The molecule has 0 saturated heterocycles. The van der Waals surface area contributed by atoms with Gasteiger partial charge >= 0.3 is 0 Å². The average molecular weight is 478 g/mol. The lowest BCUT2D eigenvalue weighted by atomic mass is 9.95. The van der Waals surface area contributed by atoms with Gasteiger partial charge in [0, 0.05) is 12.6 Å². The third kappa shape index (κ3) is 6.25. The Kier molecular flexibility index (Phi) is 8.99. The Bertz CT molecular complexity index is 927. The number of nitrogens with one attached hydrogen (secondary N) is 2. The number of carbonyl (C=O) groups excluding carboxylic acids is 2. The molecule has 9 heteroatoms. The van der Waals surface area contributed by atoms with Gasteiger partial charge in [0.05, 0.1) is 22.4 Å². The Morgan fingerprint density at radius 3 is 2.56 bits per heavy atom. The maximum Gasteiger partial charge on any atom is 0.253 e. The minimum atomic E-state index is -0.336. The Morgan fingerprint density at radius 1 is 1.19 bits per heavy atom. The number of rotatable bonds is 9. The predicted octanol–water partition coefficient (Wildman–Crippen LogP) is 4.62. The van der Waals surface area contributed by atoms with Crippen LogP contribution in [-0.2, 0) is 11.3 Å². The van der Waals surface area contributed by atoms with Crippen LogP contribution in [0.25, 0.3) is 0 Å². The van der Waals surface area contributed by atoms with Gasteiger partial charge in [-0.2, -0.15) is 0 Å². The molecule has 1 aliphatic rings. The second kappa shape index (κ2) is 11.7. The second-order valence-electron chi connectivity index (χ2n) is 8.45. The number of halogens is 1. The highest BCUT2D eigenvalue weighted by atomic mass is 35.5. The molecule has 1 aromatic carbocycles. The maximum atomic E-state index is 12.9. The van der Waals surface area contributed by atoms with Crippen molar-refractivity contribution in [2.75, 3.05) is 5.75 Å². The molecule has 1 atom stereocenters. The standard InChI is InChI=1S/C23H32ClN5O2S/c1-4-29-21(20(15(2)3)26-22(31)17-12-8-9-13-18(17)24)27-28-23(29)32-14-19(30)25-16-10-6-5-7-11-16/h8-9,12-13,15-16,20H,4-7,10-11,14H2,1-3H3,(H,25,30)(H,26,31)/t20-/m0/s1. The van der Waals surface area contributed by atoms with E-state index in [1.54, 1.807) is 24.3 Å².